The molecule has 3 aromatic rings. The van der Waals surface area contributed by atoms with Crippen LogP contribution in [0, 0.1) is 11.6 Å². The minimum atomic E-state index is -4.96. The predicted molar refractivity (Wildman–Crippen MR) is 99.3 cm³/mol. The number of alkyl halides is 3. The molecule has 0 aliphatic carbocycles. The summed E-state index contributed by atoms with van der Waals surface area (Å²) < 4.78 is 66.9. The van der Waals surface area contributed by atoms with Gasteiger partial charge in [-0.05, 0) is 24.3 Å². The van der Waals surface area contributed by atoms with Crippen LogP contribution in [0.25, 0.3) is 0 Å². The van der Waals surface area contributed by atoms with Crippen LogP contribution in [0.3, 0.4) is 0 Å². The van der Waals surface area contributed by atoms with Gasteiger partial charge in [0, 0.05) is 35.1 Å². The van der Waals surface area contributed by atoms with Crippen molar-refractivity contribution in [3.63, 3.8) is 0 Å². The second-order valence-corrected chi connectivity index (χ2v) is 6.44. The van der Waals surface area contributed by atoms with E-state index in [2.05, 4.69) is 20.6 Å². The Hall–Kier alpha value is -3.27. The molecule has 0 saturated carbocycles. The smallest absolute Gasteiger partial charge is 0.348 e. The van der Waals surface area contributed by atoms with Crippen molar-refractivity contribution in [1.29, 1.82) is 0 Å². The maximum Gasteiger partial charge on any atom is 0.434 e. The monoisotopic (exact) mass is 442 g/mol. The molecule has 5 nitrogen and oxygen atoms in total. The Morgan fingerprint density at radius 1 is 1.10 bits per heavy atom. The topological polar surface area (TPSA) is 66.9 Å². The lowest BCUT2D eigenvalue weighted by Gasteiger charge is -2.14. The van der Waals surface area contributed by atoms with Gasteiger partial charge in [0.05, 0.1) is 5.56 Å². The molecular formula is C19H12ClF5N4O. The number of amides is 1. The Kier molecular flexibility index (Phi) is 6.16. The molecule has 0 aliphatic heterocycles. The van der Waals surface area contributed by atoms with Crippen molar-refractivity contribution in [3.8, 4) is 0 Å². The van der Waals surface area contributed by atoms with Crippen molar-refractivity contribution < 1.29 is 26.7 Å². The Balaban J connectivity index is 1.83. The molecule has 0 saturated heterocycles. The summed E-state index contributed by atoms with van der Waals surface area (Å²) in [5, 5.41) is 5.06. The predicted octanol–water partition coefficient (Wildman–Crippen LogP) is 5.10. The summed E-state index contributed by atoms with van der Waals surface area (Å²) in [5.74, 6) is -3.33. The molecule has 11 heteroatoms. The summed E-state index contributed by atoms with van der Waals surface area (Å²) >= 11 is 5.83. The third-order valence-corrected chi connectivity index (χ3v) is 4.07. The number of halogens is 6. The van der Waals surface area contributed by atoms with E-state index in [9.17, 15) is 26.7 Å². The largest absolute Gasteiger partial charge is 0.434 e. The zero-order chi connectivity index (χ0) is 21.9. The van der Waals surface area contributed by atoms with Gasteiger partial charge in [-0.15, -0.1) is 0 Å². The van der Waals surface area contributed by atoms with E-state index >= 15 is 0 Å². The van der Waals surface area contributed by atoms with Crippen LogP contribution in [0.4, 0.5) is 33.6 Å². The van der Waals surface area contributed by atoms with E-state index in [4.69, 9.17) is 11.6 Å². The molecule has 1 aromatic heterocycles. The van der Waals surface area contributed by atoms with E-state index in [-0.39, 0.29) is 5.56 Å². The lowest BCUT2D eigenvalue weighted by Crippen LogP contribution is -2.27. The van der Waals surface area contributed by atoms with Gasteiger partial charge < -0.3 is 10.6 Å². The fourth-order valence-corrected chi connectivity index (χ4v) is 2.65. The zero-order valence-corrected chi connectivity index (χ0v) is 15.7. The summed E-state index contributed by atoms with van der Waals surface area (Å²) in [5.41, 5.74) is -2.07. The molecule has 0 bridgehead atoms. The molecule has 2 N–H and O–H groups in total. The summed E-state index contributed by atoms with van der Waals surface area (Å²) in [6.07, 6.45) is -4.25. The zero-order valence-electron chi connectivity index (χ0n) is 14.9. The van der Waals surface area contributed by atoms with Gasteiger partial charge in [0.25, 0.3) is 5.91 Å². The molecule has 156 valence electrons. The van der Waals surface area contributed by atoms with Crippen molar-refractivity contribution in [2.45, 2.75) is 12.7 Å². The minimum Gasteiger partial charge on any atom is -0.348 e. The first-order valence-electron chi connectivity index (χ1n) is 8.32. The van der Waals surface area contributed by atoms with Crippen molar-refractivity contribution in [1.82, 2.24) is 15.3 Å². The normalized spacial score (nSPS) is 11.3. The van der Waals surface area contributed by atoms with Crippen LogP contribution >= 0.6 is 11.6 Å². The molecular weight excluding hydrogens is 431 g/mol. The van der Waals surface area contributed by atoms with E-state index in [1.807, 2.05) is 0 Å². The molecule has 2 aromatic carbocycles. The number of rotatable bonds is 5. The quantitative estimate of drug-likeness (QED) is 0.539. The highest BCUT2D eigenvalue weighted by atomic mass is 35.5. The van der Waals surface area contributed by atoms with Gasteiger partial charge in [-0.3, -0.25) is 4.79 Å². The lowest BCUT2D eigenvalue weighted by molar-refractivity contribution is -0.141. The SMILES string of the molecule is O=C(NCc1ccc(F)cc1F)c1cnc(Nc2cccc(Cl)c2)nc1C(F)(F)F. The summed E-state index contributed by atoms with van der Waals surface area (Å²) in [7, 11) is 0. The standard InChI is InChI=1S/C19H12ClF5N4O/c20-11-2-1-3-13(6-11)28-18-27-9-14(16(29-18)19(23,24)25)17(30)26-8-10-4-5-12(21)7-15(10)22/h1-7,9H,8H2,(H,26,30)(H,27,28,29). The molecule has 0 unspecified atom stereocenters. The fraction of sp³-hybridized carbons (Fsp3) is 0.105. The van der Waals surface area contributed by atoms with Gasteiger partial charge in [0.15, 0.2) is 5.69 Å². The number of nitrogens with zero attached hydrogens (tertiary/aromatic N) is 2. The Morgan fingerprint density at radius 3 is 2.53 bits per heavy atom. The molecule has 0 aliphatic rings. The Labute approximate surface area is 171 Å². The summed E-state index contributed by atoms with van der Waals surface area (Å²) in [6, 6.07) is 8.78. The lowest BCUT2D eigenvalue weighted by atomic mass is 10.1. The van der Waals surface area contributed by atoms with Crippen LogP contribution in [-0.4, -0.2) is 15.9 Å². The second-order valence-electron chi connectivity index (χ2n) is 6.01. The molecule has 0 atom stereocenters. The van der Waals surface area contributed by atoms with Crippen LogP contribution in [0.5, 0.6) is 0 Å². The molecule has 1 amide bonds. The van der Waals surface area contributed by atoms with E-state index in [1.165, 1.54) is 6.07 Å². The number of nitrogens with one attached hydrogen (secondary N) is 2. The van der Waals surface area contributed by atoms with Crippen molar-refractivity contribution >= 4 is 29.1 Å². The van der Waals surface area contributed by atoms with Crippen LogP contribution in [0.2, 0.25) is 5.02 Å². The van der Waals surface area contributed by atoms with Crippen LogP contribution in [0.15, 0.2) is 48.7 Å². The summed E-state index contributed by atoms with van der Waals surface area (Å²) in [4.78, 5) is 19.4. The van der Waals surface area contributed by atoms with Gasteiger partial charge in [0.1, 0.15) is 11.6 Å². The first-order valence-corrected chi connectivity index (χ1v) is 8.70. The average molecular weight is 443 g/mol. The number of hydrogen-bond donors (Lipinski definition) is 2. The van der Waals surface area contributed by atoms with E-state index in [0.29, 0.717) is 23.0 Å². The maximum atomic E-state index is 13.6. The molecule has 0 radical (unpaired) electrons. The highest BCUT2D eigenvalue weighted by Crippen LogP contribution is 2.31. The highest BCUT2D eigenvalue weighted by Gasteiger charge is 2.38. The first kappa shape index (κ1) is 21.4. The molecule has 1 heterocycles. The number of anilines is 2. The summed E-state index contributed by atoms with van der Waals surface area (Å²) in [6.45, 7) is -0.454. The van der Waals surface area contributed by atoms with Gasteiger partial charge in [-0.2, -0.15) is 13.2 Å². The Bertz CT molecular complexity index is 1090. The number of hydrogen-bond acceptors (Lipinski definition) is 4. The molecule has 3 rings (SSSR count). The highest BCUT2D eigenvalue weighted by molar-refractivity contribution is 6.30. The van der Waals surface area contributed by atoms with Gasteiger partial charge in [-0.25, -0.2) is 18.7 Å². The van der Waals surface area contributed by atoms with Crippen molar-refractivity contribution in [3.05, 3.63) is 82.1 Å². The van der Waals surface area contributed by atoms with Crippen molar-refractivity contribution in [2.24, 2.45) is 0 Å². The van der Waals surface area contributed by atoms with E-state index in [1.54, 1.807) is 18.2 Å². The third kappa shape index (κ3) is 5.20. The maximum absolute atomic E-state index is 13.6. The Morgan fingerprint density at radius 2 is 1.87 bits per heavy atom. The second kappa shape index (κ2) is 8.62. The third-order valence-electron chi connectivity index (χ3n) is 3.84. The van der Waals surface area contributed by atoms with E-state index in [0.717, 1.165) is 12.1 Å². The molecule has 30 heavy (non-hydrogen) atoms. The fourth-order valence-electron chi connectivity index (χ4n) is 2.46. The van der Waals surface area contributed by atoms with Crippen LogP contribution in [0.1, 0.15) is 21.6 Å². The molecule has 0 fully saturated rings. The van der Waals surface area contributed by atoms with Gasteiger partial charge >= 0.3 is 6.18 Å². The number of carbonyl (C=O) groups excluding carboxylic acids is 1. The number of benzene rings is 2. The average Bonchev–Trinajstić information content (AvgIpc) is 2.66. The van der Waals surface area contributed by atoms with E-state index < -0.39 is 47.5 Å². The number of carbonyl (C=O) groups is 1. The first-order chi connectivity index (χ1) is 14.1. The van der Waals surface area contributed by atoms with Gasteiger partial charge in [0.2, 0.25) is 5.95 Å². The minimum absolute atomic E-state index is 0.0986. The van der Waals surface area contributed by atoms with Crippen LogP contribution < -0.4 is 10.6 Å². The van der Waals surface area contributed by atoms with Crippen LogP contribution in [-0.2, 0) is 12.7 Å². The van der Waals surface area contributed by atoms with Gasteiger partial charge in [-0.1, -0.05) is 23.7 Å². The molecule has 0 spiro atoms. The number of aromatic nitrogens is 2. The van der Waals surface area contributed by atoms with Crippen molar-refractivity contribution in [2.75, 3.05) is 5.32 Å².